The number of aromatic nitrogens is 2. The first kappa shape index (κ1) is 7.91. The van der Waals surface area contributed by atoms with Crippen LogP contribution in [0.4, 0.5) is 4.39 Å². The first-order valence-corrected chi connectivity index (χ1v) is 3.79. The molecule has 2 rings (SSSR count). The van der Waals surface area contributed by atoms with Gasteiger partial charge >= 0.3 is 0 Å². The summed E-state index contributed by atoms with van der Waals surface area (Å²) >= 11 is 0. The molecule has 0 unspecified atom stereocenters. The third-order valence-electron chi connectivity index (χ3n) is 1.86. The summed E-state index contributed by atoms with van der Waals surface area (Å²) in [5, 5.41) is 4.75. The summed E-state index contributed by atoms with van der Waals surface area (Å²) in [4.78, 5) is 10.4. The van der Waals surface area contributed by atoms with Crippen molar-refractivity contribution in [2.24, 2.45) is 7.05 Å². The molecular weight excluding hydrogens is 171 g/mol. The van der Waals surface area contributed by atoms with Gasteiger partial charge in [0.05, 0.1) is 11.1 Å². The second-order valence-corrected chi connectivity index (χ2v) is 2.85. The fraction of sp³-hybridized carbons (Fsp3) is 0.111. The molecule has 3 nitrogen and oxygen atoms in total. The van der Waals surface area contributed by atoms with Crippen LogP contribution in [0, 0.1) is 5.82 Å². The van der Waals surface area contributed by atoms with Crippen molar-refractivity contribution in [2.75, 3.05) is 0 Å². The normalized spacial score (nSPS) is 10.6. The van der Waals surface area contributed by atoms with Gasteiger partial charge in [0.2, 0.25) is 0 Å². The molecule has 0 bridgehead atoms. The van der Waals surface area contributed by atoms with Crippen LogP contribution in [0.1, 0.15) is 10.4 Å². The molecule has 4 heteroatoms. The number of carbonyl (C=O) groups excluding carboxylic acids is 1. The Morgan fingerprint density at radius 3 is 3.00 bits per heavy atom. The number of rotatable bonds is 1. The van der Waals surface area contributed by atoms with E-state index in [1.807, 2.05) is 0 Å². The van der Waals surface area contributed by atoms with E-state index >= 15 is 0 Å². The summed E-state index contributed by atoms with van der Waals surface area (Å²) in [7, 11) is 1.75. The predicted molar refractivity (Wildman–Crippen MR) is 46.1 cm³/mol. The Morgan fingerprint density at radius 1 is 1.54 bits per heavy atom. The van der Waals surface area contributed by atoms with E-state index in [0.29, 0.717) is 17.2 Å². The molecule has 0 radical (unpaired) electrons. The average molecular weight is 178 g/mol. The molecule has 0 N–H and O–H groups in total. The lowest BCUT2D eigenvalue weighted by atomic mass is 10.2. The standard InChI is InChI=1S/C9H7FN2O/c1-12-4-6-2-8(10)7(5-13)3-9(6)11-12/h2-5H,1H3. The van der Waals surface area contributed by atoms with E-state index in [-0.39, 0.29) is 5.56 Å². The molecule has 0 saturated carbocycles. The van der Waals surface area contributed by atoms with Gasteiger partial charge in [-0.25, -0.2) is 4.39 Å². The molecule has 0 aliphatic heterocycles. The Morgan fingerprint density at radius 2 is 2.31 bits per heavy atom. The summed E-state index contributed by atoms with van der Waals surface area (Å²) in [6.07, 6.45) is 2.19. The number of carbonyl (C=O) groups is 1. The highest BCUT2D eigenvalue weighted by Crippen LogP contribution is 2.16. The number of hydrogen-bond acceptors (Lipinski definition) is 2. The van der Waals surface area contributed by atoms with Gasteiger partial charge in [0.1, 0.15) is 5.82 Å². The van der Waals surface area contributed by atoms with Crippen LogP contribution in [-0.2, 0) is 7.05 Å². The fourth-order valence-electron chi connectivity index (χ4n) is 1.27. The molecule has 0 spiro atoms. The SMILES string of the molecule is Cn1cc2cc(F)c(C=O)cc2n1. The molecule has 0 atom stereocenters. The molecule has 0 aliphatic rings. The van der Waals surface area contributed by atoms with E-state index in [0.717, 1.165) is 0 Å². The Bertz CT molecular complexity index is 476. The number of aryl methyl sites for hydroxylation is 1. The van der Waals surface area contributed by atoms with Crippen molar-refractivity contribution < 1.29 is 9.18 Å². The van der Waals surface area contributed by atoms with Gasteiger partial charge in [-0.3, -0.25) is 9.48 Å². The van der Waals surface area contributed by atoms with Crippen LogP contribution in [0.5, 0.6) is 0 Å². The average Bonchev–Trinajstić information content (AvgIpc) is 2.42. The van der Waals surface area contributed by atoms with Gasteiger partial charge < -0.3 is 0 Å². The zero-order chi connectivity index (χ0) is 9.42. The lowest BCUT2D eigenvalue weighted by Crippen LogP contribution is -1.87. The van der Waals surface area contributed by atoms with Crippen LogP contribution in [-0.4, -0.2) is 16.1 Å². The van der Waals surface area contributed by atoms with Gasteiger partial charge in [0.25, 0.3) is 0 Å². The highest BCUT2D eigenvalue weighted by molar-refractivity contribution is 5.86. The Balaban J connectivity index is 2.79. The fourth-order valence-corrected chi connectivity index (χ4v) is 1.27. The first-order chi connectivity index (χ1) is 6.20. The maximum Gasteiger partial charge on any atom is 0.153 e. The van der Waals surface area contributed by atoms with Crippen molar-refractivity contribution in [1.82, 2.24) is 9.78 Å². The second kappa shape index (κ2) is 2.65. The highest BCUT2D eigenvalue weighted by Gasteiger charge is 2.05. The Kier molecular flexibility index (Phi) is 1.62. The maximum absolute atomic E-state index is 13.1. The van der Waals surface area contributed by atoms with Crippen LogP contribution >= 0.6 is 0 Å². The predicted octanol–water partition coefficient (Wildman–Crippen LogP) is 1.52. The Hall–Kier alpha value is -1.71. The summed E-state index contributed by atoms with van der Waals surface area (Å²) in [5.41, 5.74) is 0.678. The number of benzene rings is 1. The zero-order valence-electron chi connectivity index (χ0n) is 6.99. The summed E-state index contributed by atoms with van der Waals surface area (Å²) in [5.74, 6) is -0.504. The quantitative estimate of drug-likeness (QED) is 0.620. The number of halogens is 1. The minimum Gasteiger partial charge on any atom is -0.298 e. The summed E-state index contributed by atoms with van der Waals surface area (Å²) < 4.78 is 14.6. The number of hydrogen-bond donors (Lipinski definition) is 0. The van der Waals surface area contributed by atoms with Crippen LogP contribution in [0.25, 0.3) is 10.9 Å². The molecule has 13 heavy (non-hydrogen) atoms. The lowest BCUT2D eigenvalue weighted by molar-refractivity contribution is 0.112. The summed E-state index contributed by atoms with van der Waals surface area (Å²) in [6, 6.07) is 2.75. The lowest BCUT2D eigenvalue weighted by Gasteiger charge is -1.92. The number of fused-ring (bicyclic) bond motifs is 1. The van der Waals surface area contributed by atoms with Crippen molar-refractivity contribution in [3.8, 4) is 0 Å². The van der Waals surface area contributed by atoms with Gasteiger partial charge in [-0.1, -0.05) is 0 Å². The molecule has 0 saturated heterocycles. The van der Waals surface area contributed by atoms with Crippen LogP contribution < -0.4 is 0 Å². The maximum atomic E-state index is 13.1. The van der Waals surface area contributed by atoms with Crippen LogP contribution in [0.2, 0.25) is 0 Å². The smallest absolute Gasteiger partial charge is 0.153 e. The number of aldehydes is 1. The molecule has 1 heterocycles. The van der Waals surface area contributed by atoms with Crippen molar-refractivity contribution >= 4 is 17.2 Å². The van der Waals surface area contributed by atoms with Gasteiger partial charge in [-0.05, 0) is 12.1 Å². The van der Waals surface area contributed by atoms with Crippen LogP contribution in [0.3, 0.4) is 0 Å². The minimum absolute atomic E-state index is 0.0474. The third-order valence-corrected chi connectivity index (χ3v) is 1.86. The second-order valence-electron chi connectivity index (χ2n) is 2.85. The van der Waals surface area contributed by atoms with Gasteiger partial charge in [-0.15, -0.1) is 0 Å². The zero-order valence-corrected chi connectivity index (χ0v) is 6.99. The minimum atomic E-state index is -0.504. The molecule has 2 aromatic rings. The van der Waals surface area contributed by atoms with Gasteiger partial charge in [0.15, 0.2) is 6.29 Å². The van der Waals surface area contributed by atoms with Crippen molar-refractivity contribution in [2.45, 2.75) is 0 Å². The molecule has 0 aliphatic carbocycles. The van der Waals surface area contributed by atoms with E-state index in [4.69, 9.17) is 0 Å². The molecular formula is C9H7FN2O. The third kappa shape index (κ3) is 1.20. The van der Waals surface area contributed by atoms with Crippen molar-refractivity contribution in [1.29, 1.82) is 0 Å². The van der Waals surface area contributed by atoms with E-state index in [2.05, 4.69) is 5.10 Å². The van der Waals surface area contributed by atoms with Gasteiger partial charge in [-0.2, -0.15) is 5.10 Å². The summed E-state index contributed by atoms with van der Waals surface area (Å²) in [6.45, 7) is 0. The van der Waals surface area contributed by atoms with E-state index < -0.39 is 5.82 Å². The number of nitrogens with zero attached hydrogens (tertiary/aromatic N) is 2. The largest absolute Gasteiger partial charge is 0.298 e. The topological polar surface area (TPSA) is 34.9 Å². The Labute approximate surface area is 73.8 Å². The molecule has 1 aromatic heterocycles. The van der Waals surface area contributed by atoms with Crippen LogP contribution in [0.15, 0.2) is 18.3 Å². The van der Waals surface area contributed by atoms with E-state index in [1.54, 1.807) is 17.9 Å². The molecule has 1 aromatic carbocycles. The van der Waals surface area contributed by atoms with E-state index in [1.165, 1.54) is 12.1 Å². The van der Waals surface area contributed by atoms with Crippen molar-refractivity contribution in [3.05, 3.63) is 29.7 Å². The van der Waals surface area contributed by atoms with E-state index in [9.17, 15) is 9.18 Å². The highest BCUT2D eigenvalue weighted by atomic mass is 19.1. The first-order valence-electron chi connectivity index (χ1n) is 3.79. The monoisotopic (exact) mass is 178 g/mol. The molecule has 0 fully saturated rings. The van der Waals surface area contributed by atoms with Crippen molar-refractivity contribution in [3.63, 3.8) is 0 Å². The molecule has 66 valence electrons. The molecule has 0 amide bonds. The van der Waals surface area contributed by atoms with Gasteiger partial charge in [0, 0.05) is 18.6 Å².